The molecule has 0 N–H and O–H groups in total. The molecule has 2 heterocycles. The van der Waals surface area contributed by atoms with Gasteiger partial charge in [-0.25, -0.2) is 4.98 Å². The highest BCUT2D eigenvalue weighted by Gasteiger charge is 2.08. The zero-order valence-electron chi connectivity index (χ0n) is 12.5. The number of fused-ring (bicyclic) bond motifs is 1. The van der Waals surface area contributed by atoms with Crippen molar-refractivity contribution < 1.29 is 0 Å². The van der Waals surface area contributed by atoms with Gasteiger partial charge in [0, 0.05) is 23.6 Å². The molecular formula is C19H11ClN4. The van der Waals surface area contributed by atoms with Gasteiger partial charge >= 0.3 is 0 Å². The van der Waals surface area contributed by atoms with Gasteiger partial charge in [0.15, 0.2) is 0 Å². The van der Waals surface area contributed by atoms with E-state index in [0.29, 0.717) is 10.6 Å². The van der Waals surface area contributed by atoms with Crippen molar-refractivity contribution in [3.63, 3.8) is 0 Å². The molecule has 5 heteroatoms. The lowest BCUT2D eigenvalue weighted by molar-refractivity contribution is 1.09. The second-order valence-corrected chi connectivity index (χ2v) is 5.74. The van der Waals surface area contributed by atoms with Crippen LogP contribution >= 0.6 is 11.6 Å². The van der Waals surface area contributed by atoms with Gasteiger partial charge in [-0.15, -0.1) is 0 Å². The highest BCUT2D eigenvalue weighted by Crippen LogP contribution is 2.29. The third-order valence-corrected chi connectivity index (χ3v) is 4.19. The lowest BCUT2D eigenvalue weighted by atomic mass is 10.1. The largest absolute Gasteiger partial charge is 0.299 e. The molecule has 0 aliphatic carbocycles. The average Bonchev–Trinajstić information content (AvgIpc) is 3.05. The molecule has 4 aromatic rings. The van der Waals surface area contributed by atoms with Crippen LogP contribution < -0.4 is 0 Å². The summed E-state index contributed by atoms with van der Waals surface area (Å²) in [5.41, 5.74) is 5.27. The van der Waals surface area contributed by atoms with Crippen LogP contribution in [0.2, 0.25) is 5.02 Å². The number of hydrogen-bond acceptors (Lipinski definition) is 3. The van der Waals surface area contributed by atoms with Crippen molar-refractivity contribution in [2.45, 2.75) is 0 Å². The Hall–Kier alpha value is -3.16. The molecule has 0 fully saturated rings. The predicted molar refractivity (Wildman–Crippen MR) is 94.0 cm³/mol. The van der Waals surface area contributed by atoms with E-state index in [1.54, 1.807) is 30.9 Å². The highest BCUT2D eigenvalue weighted by atomic mass is 35.5. The first kappa shape index (κ1) is 14.4. The first-order chi connectivity index (χ1) is 11.8. The molecule has 0 aliphatic rings. The summed E-state index contributed by atoms with van der Waals surface area (Å²) in [6.07, 6.45) is 5.13. The third kappa shape index (κ3) is 2.41. The Kier molecular flexibility index (Phi) is 3.49. The van der Waals surface area contributed by atoms with E-state index in [1.807, 2.05) is 34.9 Å². The van der Waals surface area contributed by atoms with E-state index in [-0.39, 0.29) is 0 Å². The van der Waals surface area contributed by atoms with Crippen molar-refractivity contribution >= 4 is 22.6 Å². The Morgan fingerprint density at radius 1 is 1.08 bits per heavy atom. The average molecular weight is 331 g/mol. The molecule has 114 valence electrons. The quantitative estimate of drug-likeness (QED) is 0.539. The number of pyridine rings is 1. The zero-order chi connectivity index (χ0) is 16.5. The van der Waals surface area contributed by atoms with Gasteiger partial charge in [-0.3, -0.25) is 9.55 Å². The van der Waals surface area contributed by atoms with Crippen LogP contribution in [-0.4, -0.2) is 14.5 Å². The van der Waals surface area contributed by atoms with Crippen LogP contribution in [0.5, 0.6) is 0 Å². The topological polar surface area (TPSA) is 54.5 Å². The molecule has 0 radical (unpaired) electrons. The first-order valence-corrected chi connectivity index (χ1v) is 7.71. The molecule has 0 saturated heterocycles. The smallest absolute Gasteiger partial charge is 0.100 e. The van der Waals surface area contributed by atoms with Gasteiger partial charge < -0.3 is 0 Å². The molecule has 0 aliphatic heterocycles. The molecule has 24 heavy (non-hydrogen) atoms. The summed E-state index contributed by atoms with van der Waals surface area (Å²) in [5.74, 6) is 0. The number of hydrogen-bond donors (Lipinski definition) is 0. The van der Waals surface area contributed by atoms with Crippen LogP contribution in [0.15, 0.2) is 67.3 Å². The minimum absolute atomic E-state index is 0.602. The summed E-state index contributed by atoms with van der Waals surface area (Å²) in [7, 11) is 0. The van der Waals surface area contributed by atoms with E-state index < -0.39 is 0 Å². The SMILES string of the molecule is N#Cc1ccc2c(c1)ncn2-c1cccc(-c2ccncc2Cl)c1. The Morgan fingerprint density at radius 3 is 2.83 bits per heavy atom. The summed E-state index contributed by atoms with van der Waals surface area (Å²) < 4.78 is 2.00. The minimum Gasteiger partial charge on any atom is -0.299 e. The summed E-state index contributed by atoms with van der Waals surface area (Å²) >= 11 is 6.25. The molecule has 4 nitrogen and oxygen atoms in total. The van der Waals surface area contributed by atoms with Gasteiger partial charge in [-0.05, 0) is 42.0 Å². The highest BCUT2D eigenvalue weighted by molar-refractivity contribution is 6.33. The zero-order valence-corrected chi connectivity index (χ0v) is 13.3. The fourth-order valence-electron chi connectivity index (χ4n) is 2.72. The van der Waals surface area contributed by atoms with Crippen LogP contribution in [0.25, 0.3) is 27.8 Å². The van der Waals surface area contributed by atoms with Crippen molar-refractivity contribution in [2.24, 2.45) is 0 Å². The molecule has 0 spiro atoms. The molecule has 0 unspecified atom stereocenters. The summed E-state index contributed by atoms with van der Waals surface area (Å²) in [6.45, 7) is 0. The van der Waals surface area contributed by atoms with Gasteiger partial charge in [0.1, 0.15) is 6.33 Å². The van der Waals surface area contributed by atoms with Crippen molar-refractivity contribution in [3.8, 4) is 22.9 Å². The van der Waals surface area contributed by atoms with E-state index in [9.17, 15) is 0 Å². The maximum atomic E-state index is 9.01. The lowest BCUT2D eigenvalue weighted by Crippen LogP contribution is -1.92. The van der Waals surface area contributed by atoms with Crippen LogP contribution in [0.4, 0.5) is 0 Å². The fraction of sp³-hybridized carbons (Fsp3) is 0. The maximum absolute atomic E-state index is 9.01. The molecule has 0 bridgehead atoms. The number of imidazole rings is 1. The first-order valence-electron chi connectivity index (χ1n) is 7.34. The number of benzene rings is 2. The molecule has 2 aromatic heterocycles. The fourth-order valence-corrected chi connectivity index (χ4v) is 2.95. The standard InChI is InChI=1S/C19H11ClN4/c20-17-11-22-7-6-16(17)14-2-1-3-15(9-14)24-12-23-18-8-13(10-21)4-5-19(18)24/h1-9,11-12H. The van der Waals surface area contributed by atoms with E-state index in [1.165, 1.54) is 0 Å². The molecular weight excluding hydrogens is 320 g/mol. The molecule has 0 atom stereocenters. The normalized spacial score (nSPS) is 10.7. The molecule has 0 amide bonds. The van der Waals surface area contributed by atoms with E-state index in [2.05, 4.69) is 22.1 Å². The second kappa shape index (κ2) is 5.80. The third-order valence-electron chi connectivity index (χ3n) is 3.88. The van der Waals surface area contributed by atoms with Crippen molar-refractivity contribution in [1.29, 1.82) is 5.26 Å². The Bertz CT molecular complexity index is 1090. The van der Waals surface area contributed by atoms with Crippen LogP contribution in [0.3, 0.4) is 0 Å². The second-order valence-electron chi connectivity index (χ2n) is 5.34. The van der Waals surface area contributed by atoms with Crippen LogP contribution in [0, 0.1) is 11.3 Å². The molecule has 2 aromatic carbocycles. The molecule has 4 rings (SSSR count). The lowest BCUT2D eigenvalue weighted by Gasteiger charge is -2.08. The Morgan fingerprint density at radius 2 is 2.00 bits per heavy atom. The number of aromatic nitrogens is 3. The van der Waals surface area contributed by atoms with E-state index in [4.69, 9.17) is 16.9 Å². The molecule has 0 saturated carbocycles. The van der Waals surface area contributed by atoms with E-state index in [0.717, 1.165) is 27.8 Å². The van der Waals surface area contributed by atoms with Crippen LogP contribution in [-0.2, 0) is 0 Å². The summed E-state index contributed by atoms with van der Waals surface area (Å²) in [4.78, 5) is 8.43. The maximum Gasteiger partial charge on any atom is 0.100 e. The number of halogens is 1. The Balaban J connectivity index is 1.85. The Labute approximate surface area is 143 Å². The van der Waals surface area contributed by atoms with E-state index >= 15 is 0 Å². The monoisotopic (exact) mass is 330 g/mol. The minimum atomic E-state index is 0.602. The van der Waals surface area contributed by atoms with Crippen molar-refractivity contribution in [2.75, 3.05) is 0 Å². The summed E-state index contributed by atoms with van der Waals surface area (Å²) in [6, 6.07) is 17.6. The van der Waals surface area contributed by atoms with Crippen molar-refractivity contribution in [3.05, 3.63) is 77.8 Å². The predicted octanol–water partition coefficient (Wildman–Crippen LogP) is 4.61. The van der Waals surface area contributed by atoms with Gasteiger partial charge in [0.2, 0.25) is 0 Å². The van der Waals surface area contributed by atoms with Crippen LogP contribution in [0.1, 0.15) is 5.56 Å². The van der Waals surface area contributed by atoms with Gasteiger partial charge in [0.25, 0.3) is 0 Å². The number of rotatable bonds is 2. The van der Waals surface area contributed by atoms with Gasteiger partial charge in [-0.1, -0.05) is 23.7 Å². The summed E-state index contributed by atoms with van der Waals surface area (Å²) in [5, 5.41) is 9.62. The number of nitriles is 1. The van der Waals surface area contributed by atoms with Crippen molar-refractivity contribution in [1.82, 2.24) is 14.5 Å². The van der Waals surface area contributed by atoms with Gasteiger partial charge in [-0.2, -0.15) is 5.26 Å². The van der Waals surface area contributed by atoms with Gasteiger partial charge in [0.05, 0.1) is 27.7 Å². The number of nitrogens with zero attached hydrogens (tertiary/aromatic N) is 4.